The molecule has 54 valence electrons. The SMILES string of the molecule is CCc1ccc(N)c(Cl)n1. The maximum atomic E-state index is 5.66. The highest BCUT2D eigenvalue weighted by molar-refractivity contribution is 6.31. The van der Waals surface area contributed by atoms with E-state index in [1.165, 1.54) is 0 Å². The number of nitrogen functional groups attached to an aromatic ring is 1. The van der Waals surface area contributed by atoms with Crippen LogP contribution < -0.4 is 5.73 Å². The minimum Gasteiger partial charge on any atom is -0.396 e. The predicted molar refractivity (Wildman–Crippen MR) is 43.0 cm³/mol. The fourth-order valence-corrected chi connectivity index (χ4v) is 0.851. The highest BCUT2D eigenvalue weighted by Crippen LogP contribution is 2.15. The first-order chi connectivity index (χ1) is 4.74. The standard InChI is InChI=1S/C7H9ClN2/c1-2-5-3-4-6(9)7(8)10-5/h3-4H,2,9H2,1H3. The van der Waals surface area contributed by atoms with Gasteiger partial charge in [0.25, 0.3) is 0 Å². The highest BCUT2D eigenvalue weighted by Gasteiger charge is 1.96. The monoisotopic (exact) mass is 156 g/mol. The second-order valence-corrected chi connectivity index (χ2v) is 2.39. The topological polar surface area (TPSA) is 38.9 Å². The molecule has 1 heterocycles. The minimum atomic E-state index is 0.402. The molecule has 0 bridgehead atoms. The van der Waals surface area contributed by atoms with Crippen LogP contribution >= 0.6 is 11.6 Å². The summed E-state index contributed by atoms with van der Waals surface area (Å²) in [7, 11) is 0. The third kappa shape index (κ3) is 1.39. The van der Waals surface area contributed by atoms with Crippen molar-refractivity contribution >= 4 is 17.3 Å². The van der Waals surface area contributed by atoms with Gasteiger partial charge in [-0.05, 0) is 18.6 Å². The molecular weight excluding hydrogens is 148 g/mol. The molecule has 1 aromatic heterocycles. The van der Waals surface area contributed by atoms with Gasteiger partial charge in [-0.25, -0.2) is 4.98 Å². The van der Waals surface area contributed by atoms with Crippen LogP contribution in [0.25, 0.3) is 0 Å². The van der Waals surface area contributed by atoms with Gasteiger partial charge in [-0.1, -0.05) is 18.5 Å². The van der Waals surface area contributed by atoms with Crippen LogP contribution in [0.5, 0.6) is 0 Å². The van der Waals surface area contributed by atoms with Gasteiger partial charge < -0.3 is 5.73 Å². The summed E-state index contributed by atoms with van der Waals surface area (Å²) in [6, 6.07) is 3.65. The summed E-state index contributed by atoms with van der Waals surface area (Å²) in [6.07, 6.45) is 0.889. The van der Waals surface area contributed by atoms with Crippen LogP contribution in [0.15, 0.2) is 12.1 Å². The Balaban J connectivity index is 3.04. The Morgan fingerprint density at radius 3 is 2.80 bits per heavy atom. The van der Waals surface area contributed by atoms with Gasteiger partial charge in [0.1, 0.15) is 0 Å². The fourth-order valence-electron chi connectivity index (χ4n) is 0.680. The van der Waals surface area contributed by atoms with Gasteiger partial charge in [0.2, 0.25) is 0 Å². The van der Waals surface area contributed by atoms with Crippen molar-refractivity contribution in [3.8, 4) is 0 Å². The van der Waals surface area contributed by atoms with Crippen molar-refractivity contribution in [1.29, 1.82) is 0 Å². The zero-order chi connectivity index (χ0) is 7.56. The van der Waals surface area contributed by atoms with Gasteiger partial charge in [-0.3, -0.25) is 0 Å². The van der Waals surface area contributed by atoms with E-state index in [2.05, 4.69) is 4.98 Å². The molecule has 3 heteroatoms. The largest absolute Gasteiger partial charge is 0.396 e. The minimum absolute atomic E-state index is 0.402. The van der Waals surface area contributed by atoms with Crippen LogP contribution in [0.1, 0.15) is 12.6 Å². The Morgan fingerprint density at radius 2 is 2.30 bits per heavy atom. The van der Waals surface area contributed by atoms with E-state index in [-0.39, 0.29) is 0 Å². The van der Waals surface area contributed by atoms with E-state index in [4.69, 9.17) is 17.3 Å². The molecule has 0 aromatic carbocycles. The van der Waals surface area contributed by atoms with E-state index in [0.717, 1.165) is 12.1 Å². The molecule has 10 heavy (non-hydrogen) atoms. The Bertz CT molecular complexity index is 235. The van der Waals surface area contributed by atoms with E-state index >= 15 is 0 Å². The third-order valence-corrected chi connectivity index (χ3v) is 1.60. The molecule has 0 unspecified atom stereocenters. The molecule has 0 amide bonds. The maximum Gasteiger partial charge on any atom is 0.152 e. The molecular formula is C7H9ClN2. The summed E-state index contributed by atoms with van der Waals surface area (Å²) < 4.78 is 0. The lowest BCUT2D eigenvalue weighted by atomic mass is 10.3. The van der Waals surface area contributed by atoms with E-state index < -0.39 is 0 Å². The summed E-state index contributed by atoms with van der Waals surface area (Å²) in [5.74, 6) is 0. The van der Waals surface area contributed by atoms with Crippen molar-refractivity contribution in [2.45, 2.75) is 13.3 Å². The van der Waals surface area contributed by atoms with Gasteiger partial charge in [0.15, 0.2) is 5.15 Å². The Labute approximate surface area is 65.0 Å². The number of pyridine rings is 1. The maximum absolute atomic E-state index is 5.66. The number of anilines is 1. The summed E-state index contributed by atoms with van der Waals surface area (Å²) in [6.45, 7) is 2.02. The summed E-state index contributed by atoms with van der Waals surface area (Å²) in [5.41, 5.74) is 6.96. The van der Waals surface area contributed by atoms with Gasteiger partial charge in [-0.15, -0.1) is 0 Å². The molecule has 0 aliphatic rings. The van der Waals surface area contributed by atoms with E-state index in [9.17, 15) is 0 Å². The molecule has 0 saturated carbocycles. The molecule has 1 rings (SSSR count). The molecule has 0 spiro atoms. The highest BCUT2D eigenvalue weighted by atomic mass is 35.5. The average Bonchev–Trinajstić information content (AvgIpc) is 1.95. The van der Waals surface area contributed by atoms with Gasteiger partial charge in [-0.2, -0.15) is 0 Å². The van der Waals surface area contributed by atoms with Crippen molar-refractivity contribution in [2.24, 2.45) is 0 Å². The van der Waals surface area contributed by atoms with Crippen molar-refractivity contribution < 1.29 is 0 Å². The zero-order valence-corrected chi connectivity index (χ0v) is 6.52. The van der Waals surface area contributed by atoms with Crippen LogP contribution in [0.4, 0.5) is 5.69 Å². The zero-order valence-electron chi connectivity index (χ0n) is 5.76. The lowest BCUT2D eigenvalue weighted by molar-refractivity contribution is 1.04. The number of nitrogens with zero attached hydrogens (tertiary/aromatic N) is 1. The lowest BCUT2D eigenvalue weighted by Gasteiger charge is -1.98. The first-order valence-corrected chi connectivity index (χ1v) is 3.52. The van der Waals surface area contributed by atoms with Crippen molar-refractivity contribution in [3.05, 3.63) is 23.0 Å². The van der Waals surface area contributed by atoms with Gasteiger partial charge in [0.05, 0.1) is 5.69 Å². The molecule has 0 atom stereocenters. The van der Waals surface area contributed by atoms with Crippen LogP contribution in [-0.2, 0) is 6.42 Å². The van der Waals surface area contributed by atoms with E-state index in [1.807, 2.05) is 13.0 Å². The molecule has 2 N–H and O–H groups in total. The van der Waals surface area contributed by atoms with Gasteiger partial charge in [0, 0.05) is 5.69 Å². The Hall–Kier alpha value is -0.760. The molecule has 0 aliphatic heterocycles. The normalized spacial score (nSPS) is 9.80. The first-order valence-electron chi connectivity index (χ1n) is 3.15. The Morgan fingerprint density at radius 1 is 1.60 bits per heavy atom. The molecule has 2 nitrogen and oxygen atoms in total. The smallest absolute Gasteiger partial charge is 0.152 e. The van der Waals surface area contributed by atoms with E-state index in [0.29, 0.717) is 10.8 Å². The van der Waals surface area contributed by atoms with Crippen LogP contribution in [0.2, 0.25) is 5.15 Å². The molecule has 1 aromatic rings. The molecule has 0 radical (unpaired) electrons. The summed E-state index contributed by atoms with van der Waals surface area (Å²) >= 11 is 5.66. The van der Waals surface area contributed by atoms with Gasteiger partial charge >= 0.3 is 0 Å². The van der Waals surface area contributed by atoms with Crippen molar-refractivity contribution in [2.75, 3.05) is 5.73 Å². The molecule has 0 saturated heterocycles. The summed E-state index contributed by atoms with van der Waals surface area (Å²) in [5, 5.41) is 0.402. The van der Waals surface area contributed by atoms with Crippen LogP contribution in [0, 0.1) is 0 Å². The number of aryl methyl sites for hydroxylation is 1. The van der Waals surface area contributed by atoms with Crippen LogP contribution in [-0.4, -0.2) is 4.98 Å². The predicted octanol–water partition coefficient (Wildman–Crippen LogP) is 1.88. The number of nitrogens with two attached hydrogens (primary N) is 1. The second-order valence-electron chi connectivity index (χ2n) is 2.04. The number of hydrogen-bond donors (Lipinski definition) is 1. The van der Waals surface area contributed by atoms with E-state index in [1.54, 1.807) is 6.07 Å². The van der Waals surface area contributed by atoms with Crippen LogP contribution in [0.3, 0.4) is 0 Å². The quantitative estimate of drug-likeness (QED) is 0.631. The number of hydrogen-bond acceptors (Lipinski definition) is 2. The second kappa shape index (κ2) is 2.88. The van der Waals surface area contributed by atoms with Crippen molar-refractivity contribution in [1.82, 2.24) is 4.98 Å². The lowest BCUT2D eigenvalue weighted by Crippen LogP contribution is -1.92. The third-order valence-electron chi connectivity index (χ3n) is 1.30. The van der Waals surface area contributed by atoms with Crippen molar-refractivity contribution in [3.63, 3.8) is 0 Å². The number of halogens is 1. The Kier molecular flexibility index (Phi) is 2.12. The molecule has 0 fully saturated rings. The fraction of sp³-hybridized carbons (Fsp3) is 0.286. The number of aromatic nitrogens is 1. The molecule has 0 aliphatic carbocycles. The average molecular weight is 157 g/mol. The summed E-state index contributed by atoms with van der Waals surface area (Å²) in [4.78, 5) is 4.03. The number of rotatable bonds is 1. The first kappa shape index (κ1) is 7.35.